The number of hydrogen-bond donors (Lipinski definition) is 1. The van der Waals surface area contributed by atoms with Gasteiger partial charge in [-0.1, -0.05) is 24.3 Å². The van der Waals surface area contributed by atoms with E-state index in [1.807, 2.05) is 6.20 Å². The lowest BCUT2D eigenvalue weighted by Gasteiger charge is -2.36. The number of benzene rings is 2. The van der Waals surface area contributed by atoms with Gasteiger partial charge in [-0.2, -0.15) is 0 Å². The van der Waals surface area contributed by atoms with Crippen LogP contribution in [0.5, 0.6) is 5.75 Å². The zero-order valence-electron chi connectivity index (χ0n) is 28.1. The fourth-order valence-electron chi connectivity index (χ4n) is 7.48. The molecule has 0 spiro atoms. The van der Waals surface area contributed by atoms with Gasteiger partial charge in [0.2, 0.25) is 11.8 Å². The third kappa shape index (κ3) is 8.50. The van der Waals surface area contributed by atoms with Crippen molar-refractivity contribution in [2.75, 3.05) is 18.6 Å². The van der Waals surface area contributed by atoms with Gasteiger partial charge in [0.1, 0.15) is 11.5 Å². The van der Waals surface area contributed by atoms with Crippen molar-refractivity contribution in [2.24, 2.45) is 11.8 Å². The Bertz CT molecular complexity index is 1560. The molecule has 250 valence electrons. The fourth-order valence-corrected chi connectivity index (χ4v) is 8.56. The van der Waals surface area contributed by atoms with E-state index in [9.17, 15) is 14.4 Å². The standard InChI is InChI=1S/C39H49N3O4S/c1-25-21-31(16-19-35(25)46-3)28-10-8-27(9-11-28)24-42(34-6-4-5-32(22-34)36-23-40-38(47-36)29-12-13-29)39(45)30-14-17-33(18-15-30)41-37(44)20-7-26(2)43/h4-6,16,19,21-23,27-30,33H,7-15,17-18,20,24H2,1-3H3,(H,41,44). The van der Waals surface area contributed by atoms with Crippen molar-refractivity contribution in [3.8, 4) is 16.2 Å². The quantitative estimate of drug-likeness (QED) is 0.212. The van der Waals surface area contributed by atoms with Crippen molar-refractivity contribution < 1.29 is 19.1 Å². The summed E-state index contributed by atoms with van der Waals surface area (Å²) in [7, 11) is 1.72. The van der Waals surface area contributed by atoms with Gasteiger partial charge in [0.15, 0.2) is 0 Å². The van der Waals surface area contributed by atoms with E-state index in [-0.39, 0.29) is 42.4 Å². The second-order valence-corrected chi connectivity index (χ2v) is 15.2. The number of hydrogen-bond acceptors (Lipinski definition) is 6. The molecule has 0 saturated heterocycles. The average molecular weight is 656 g/mol. The molecule has 8 heteroatoms. The minimum absolute atomic E-state index is 0.0293. The molecule has 0 aliphatic heterocycles. The summed E-state index contributed by atoms with van der Waals surface area (Å²) in [6.07, 6.45) is 12.5. The molecule has 3 aliphatic rings. The first-order valence-electron chi connectivity index (χ1n) is 17.6. The average Bonchev–Trinajstić information content (AvgIpc) is 3.82. The van der Waals surface area contributed by atoms with E-state index in [2.05, 4.69) is 59.6 Å². The van der Waals surface area contributed by atoms with Crippen LogP contribution in [0.4, 0.5) is 5.69 Å². The number of aromatic nitrogens is 1. The smallest absolute Gasteiger partial charge is 0.230 e. The number of carbonyl (C=O) groups excluding carboxylic acids is 3. The Morgan fingerprint density at radius 3 is 2.34 bits per heavy atom. The van der Waals surface area contributed by atoms with E-state index in [1.54, 1.807) is 18.4 Å². The number of nitrogens with one attached hydrogen (secondary N) is 1. The minimum Gasteiger partial charge on any atom is -0.496 e. The number of aryl methyl sites for hydroxylation is 1. The van der Waals surface area contributed by atoms with E-state index in [1.165, 1.54) is 35.9 Å². The molecular weight excluding hydrogens is 607 g/mol. The summed E-state index contributed by atoms with van der Waals surface area (Å²) in [5.74, 6) is 2.65. The van der Waals surface area contributed by atoms with Gasteiger partial charge in [0, 0.05) is 49.1 Å². The van der Waals surface area contributed by atoms with Crippen LogP contribution in [-0.4, -0.2) is 42.3 Å². The Labute approximate surface area is 283 Å². The van der Waals surface area contributed by atoms with E-state index in [4.69, 9.17) is 9.72 Å². The summed E-state index contributed by atoms with van der Waals surface area (Å²) in [6, 6.07) is 15.2. The highest BCUT2D eigenvalue weighted by Crippen LogP contribution is 2.44. The molecule has 3 aliphatic carbocycles. The van der Waals surface area contributed by atoms with Crippen LogP contribution < -0.4 is 15.0 Å². The third-order valence-electron chi connectivity index (χ3n) is 10.5. The SMILES string of the molecule is COc1ccc(C2CCC(CN(C(=O)C3CCC(NC(=O)CCC(C)=O)CC3)c3cccc(-c4cnc(C5CC5)s4)c3)CC2)cc1C. The summed E-state index contributed by atoms with van der Waals surface area (Å²) in [4.78, 5) is 46.0. The lowest BCUT2D eigenvalue weighted by Crippen LogP contribution is -2.44. The molecule has 3 fully saturated rings. The van der Waals surface area contributed by atoms with Gasteiger partial charge in [0.25, 0.3) is 0 Å². The number of Topliss-reactive ketones (excluding diaryl/α,β-unsaturated/α-hetero) is 1. The van der Waals surface area contributed by atoms with Crippen molar-refractivity contribution in [1.29, 1.82) is 0 Å². The molecule has 2 amide bonds. The van der Waals surface area contributed by atoms with Gasteiger partial charge >= 0.3 is 0 Å². The topological polar surface area (TPSA) is 88.6 Å². The predicted molar refractivity (Wildman–Crippen MR) is 188 cm³/mol. The molecule has 2 aromatic carbocycles. The number of anilines is 1. The number of amides is 2. The highest BCUT2D eigenvalue weighted by atomic mass is 32.1. The van der Waals surface area contributed by atoms with Gasteiger partial charge in [-0.15, -0.1) is 11.3 Å². The van der Waals surface area contributed by atoms with Crippen LogP contribution in [0.15, 0.2) is 48.7 Å². The molecule has 1 N–H and O–H groups in total. The van der Waals surface area contributed by atoms with E-state index in [0.29, 0.717) is 17.8 Å². The highest BCUT2D eigenvalue weighted by Gasteiger charge is 2.33. The molecule has 0 atom stereocenters. The lowest BCUT2D eigenvalue weighted by atomic mass is 9.78. The molecule has 0 radical (unpaired) electrons. The number of ether oxygens (including phenoxy) is 1. The normalized spacial score (nSPS) is 22.8. The van der Waals surface area contributed by atoms with Crippen LogP contribution in [0, 0.1) is 18.8 Å². The molecular formula is C39H49N3O4S. The van der Waals surface area contributed by atoms with Crippen molar-refractivity contribution in [3.63, 3.8) is 0 Å². The maximum Gasteiger partial charge on any atom is 0.230 e. The van der Waals surface area contributed by atoms with Gasteiger partial charge in [-0.25, -0.2) is 4.98 Å². The minimum atomic E-state index is -0.0678. The van der Waals surface area contributed by atoms with Gasteiger partial charge in [-0.3, -0.25) is 9.59 Å². The van der Waals surface area contributed by atoms with E-state index >= 15 is 0 Å². The summed E-state index contributed by atoms with van der Waals surface area (Å²) >= 11 is 1.78. The molecule has 7 nitrogen and oxygen atoms in total. The fraction of sp³-hybridized carbons (Fsp3) is 0.538. The summed E-state index contributed by atoms with van der Waals surface area (Å²) < 4.78 is 5.48. The van der Waals surface area contributed by atoms with Crippen molar-refractivity contribution >= 4 is 34.6 Å². The summed E-state index contributed by atoms with van der Waals surface area (Å²) in [5.41, 5.74) is 4.67. The van der Waals surface area contributed by atoms with Gasteiger partial charge in [0.05, 0.1) is 17.0 Å². The van der Waals surface area contributed by atoms with Crippen molar-refractivity contribution in [3.05, 3.63) is 64.8 Å². The first kappa shape index (κ1) is 33.4. The number of ketones is 1. The molecule has 6 rings (SSSR count). The Hall–Kier alpha value is -3.52. The zero-order chi connectivity index (χ0) is 32.9. The highest BCUT2D eigenvalue weighted by molar-refractivity contribution is 7.15. The molecule has 47 heavy (non-hydrogen) atoms. The largest absolute Gasteiger partial charge is 0.496 e. The Morgan fingerprint density at radius 2 is 1.66 bits per heavy atom. The second-order valence-electron chi connectivity index (χ2n) is 14.1. The van der Waals surface area contributed by atoms with Crippen LogP contribution >= 0.6 is 11.3 Å². The van der Waals surface area contributed by atoms with E-state index < -0.39 is 0 Å². The number of nitrogens with zero attached hydrogens (tertiary/aromatic N) is 2. The van der Waals surface area contributed by atoms with Gasteiger partial charge in [-0.05, 0) is 125 Å². The first-order valence-corrected chi connectivity index (χ1v) is 18.4. The first-order chi connectivity index (χ1) is 22.8. The van der Waals surface area contributed by atoms with Crippen LogP contribution in [0.3, 0.4) is 0 Å². The van der Waals surface area contributed by atoms with Crippen LogP contribution in [-0.2, 0) is 14.4 Å². The number of rotatable bonds is 12. The van der Waals surface area contributed by atoms with Crippen LogP contribution in [0.2, 0.25) is 0 Å². The molecule has 3 aromatic rings. The summed E-state index contributed by atoms with van der Waals surface area (Å²) in [6.45, 7) is 4.36. The zero-order valence-corrected chi connectivity index (χ0v) is 29.0. The van der Waals surface area contributed by atoms with Crippen molar-refractivity contribution in [2.45, 2.75) is 109 Å². The molecule has 0 unspecified atom stereocenters. The Morgan fingerprint density at radius 1 is 0.915 bits per heavy atom. The third-order valence-corrected chi connectivity index (χ3v) is 11.7. The molecule has 0 bridgehead atoms. The second kappa shape index (κ2) is 15.1. The number of methoxy groups -OCH3 is 1. The molecule has 3 saturated carbocycles. The van der Waals surface area contributed by atoms with Crippen molar-refractivity contribution in [1.82, 2.24) is 10.3 Å². The van der Waals surface area contributed by atoms with Crippen LogP contribution in [0.25, 0.3) is 10.4 Å². The molecule has 1 heterocycles. The van der Waals surface area contributed by atoms with Crippen LogP contribution in [0.1, 0.15) is 112 Å². The van der Waals surface area contributed by atoms with Gasteiger partial charge < -0.3 is 19.7 Å². The number of carbonyl (C=O) groups is 3. The summed E-state index contributed by atoms with van der Waals surface area (Å²) in [5, 5.41) is 4.33. The monoisotopic (exact) mass is 655 g/mol. The number of thiazole rings is 1. The van der Waals surface area contributed by atoms with E-state index in [0.717, 1.165) is 79.8 Å². The predicted octanol–water partition coefficient (Wildman–Crippen LogP) is 8.36. The Kier molecular flexibility index (Phi) is 10.8. The maximum absolute atomic E-state index is 14.4. The molecule has 1 aromatic heterocycles. The maximum atomic E-state index is 14.4. The Balaban J connectivity index is 1.14. The lowest BCUT2D eigenvalue weighted by molar-refractivity contribution is -0.125.